The van der Waals surface area contributed by atoms with Crippen LogP contribution in [0.3, 0.4) is 0 Å². The van der Waals surface area contributed by atoms with Crippen molar-refractivity contribution in [2.75, 3.05) is 7.11 Å². The van der Waals surface area contributed by atoms with Crippen molar-refractivity contribution >= 4 is 16.8 Å². The van der Waals surface area contributed by atoms with Crippen LogP contribution in [-0.4, -0.2) is 27.9 Å². The summed E-state index contributed by atoms with van der Waals surface area (Å²) in [6.45, 7) is 14.6. The van der Waals surface area contributed by atoms with Gasteiger partial charge in [-0.25, -0.2) is 0 Å². The van der Waals surface area contributed by atoms with E-state index in [1.54, 1.807) is 31.0 Å². The van der Waals surface area contributed by atoms with Crippen molar-refractivity contribution < 1.29 is 9.53 Å². The number of hydrogen-bond acceptors (Lipinski definition) is 4. The van der Waals surface area contributed by atoms with Crippen molar-refractivity contribution in [3.05, 3.63) is 47.0 Å². The van der Waals surface area contributed by atoms with Crippen molar-refractivity contribution in [3.8, 4) is 11.4 Å². The van der Waals surface area contributed by atoms with Crippen LogP contribution in [0.25, 0.3) is 16.7 Å². The predicted octanol–water partition coefficient (Wildman–Crippen LogP) is 5.23. The molecule has 0 fully saturated rings. The van der Waals surface area contributed by atoms with Crippen LogP contribution in [0.2, 0.25) is 0 Å². The number of ketones is 1. The minimum Gasteiger partial charge on any atom is -0.494 e. The maximum absolute atomic E-state index is 11.7. The second-order valence-corrected chi connectivity index (χ2v) is 9.33. The Morgan fingerprint density at radius 1 is 0.929 bits per heavy atom. The molecule has 0 radical (unpaired) electrons. The first kappa shape index (κ1) is 20.1. The molecule has 3 rings (SSSR count). The fraction of sp³-hybridized carbons (Fsp3) is 0.435. The summed E-state index contributed by atoms with van der Waals surface area (Å²) in [5, 5.41) is 9.31. The van der Waals surface area contributed by atoms with Gasteiger partial charge in [-0.3, -0.25) is 4.79 Å². The zero-order valence-corrected chi connectivity index (χ0v) is 18.0. The number of benzene rings is 2. The SMILES string of the molecule is COc1c(-n2nc3ccc(C(C)=O)cc3n2)cc(C(C)(C)C)cc1C(C)(C)C. The average molecular weight is 380 g/mol. The van der Waals surface area contributed by atoms with Crippen LogP contribution in [-0.2, 0) is 10.8 Å². The van der Waals surface area contributed by atoms with Crippen LogP contribution >= 0.6 is 0 Å². The fourth-order valence-electron chi connectivity index (χ4n) is 3.21. The van der Waals surface area contributed by atoms with E-state index in [1.807, 2.05) is 6.07 Å². The minimum atomic E-state index is -0.101. The second-order valence-electron chi connectivity index (χ2n) is 9.33. The molecule has 0 saturated carbocycles. The van der Waals surface area contributed by atoms with Crippen LogP contribution in [0.5, 0.6) is 5.75 Å². The topological polar surface area (TPSA) is 57.0 Å². The van der Waals surface area contributed by atoms with Crippen LogP contribution in [0, 0.1) is 0 Å². The maximum Gasteiger partial charge on any atom is 0.159 e. The third-order valence-corrected chi connectivity index (χ3v) is 4.95. The first-order valence-corrected chi connectivity index (χ1v) is 9.53. The third kappa shape index (κ3) is 3.66. The van der Waals surface area contributed by atoms with Crippen LogP contribution in [0.1, 0.15) is 70.0 Å². The molecule has 0 aliphatic carbocycles. The van der Waals surface area contributed by atoms with Gasteiger partial charge in [0.1, 0.15) is 22.5 Å². The summed E-state index contributed by atoms with van der Waals surface area (Å²) in [7, 11) is 1.68. The van der Waals surface area contributed by atoms with Gasteiger partial charge in [-0.2, -0.15) is 0 Å². The Morgan fingerprint density at radius 2 is 1.57 bits per heavy atom. The molecule has 3 aromatic rings. The van der Waals surface area contributed by atoms with Crippen LogP contribution < -0.4 is 4.74 Å². The van der Waals surface area contributed by atoms with Gasteiger partial charge in [0.25, 0.3) is 0 Å². The zero-order chi connectivity index (χ0) is 20.9. The number of Topliss-reactive ketones (excluding diaryl/α,β-unsaturated/α-hetero) is 1. The summed E-state index contributed by atoms with van der Waals surface area (Å²) in [4.78, 5) is 13.3. The lowest BCUT2D eigenvalue weighted by molar-refractivity contribution is 0.101. The number of methoxy groups -OCH3 is 1. The molecule has 148 valence electrons. The van der Waals surface area contributed by atoms with Gasteiger partial charge < -0.3 is 4.74 Å². The van der Waals surface area contributed by atoms with Crippen molar-refractivity contribution in [1.82, 2.24) is 15.0 Å². The molecule has 2 aromatic carbocycles. The molecule has 5 nitrogen and oxygen atoms in total. The highest BCUT2D eigenvalue weighted by molar-refractivity contribution is 5.97. The van der Waals surface area contributed by atoms with Gasteiger partial charge in [-0.05, 0) is 47.6 Å². The second kappa shape index (κ2) is 6.73. The average Bonchev–Trinajstić information content (AvgIpc) is 3.01. The highest BCUT2D eigenvalue weighted by Gasteiger charge is 2.27. The van der Waals surface area contributed by atoms with Crippen LogP contribution in [0.4, 0.5) is 0 Å². The molecule has 0 atom stereocenters. The van der Waals surface area contributed by atoms with E-state index in [-0.39, 0.29) is 16.6 Å². The highest BCUT2D eigenvalue weighted by Crippen LogP contribution is 2.39. The van der Waals surface area contributed by atoms with Crippen LogP contribution in [0.15, 0.2) is 30.3 Å². The fourth-order valence-corrected chi connectivity index (χ4v) is 3.21. The Hall–Kier alpha value is -2.69. The minimum absolute atomic E-state index is 0.0128. The lowest BCUT2D eigenvalue weighted by atomic mass is 9.79. The van der Waals surface area contributed by atoms with Gasteiger partial charge in [-0.1, -0.05) is 47.6 Å². The zero-order valence-electron chi connectivity index (χ0n) is 18.0. The van der Waals surface area contributed by atoms with E-state index in [0.29, 0.717) is 11.1 Å². The molecular formula is C23H29N3O2. The van der Waals surface area contributed by atoms with E-state index in [1.165, 1.54) is 5.56 Å². The molecule has 0 saturated heterocycles. The van der Waals surface area contributed by atoms with E-state index < -0.39 is 0 Å². The largest absolute Gasteiger partial charge is 0.494 e. The van der Waals surface area contributed by atoms with Gasteiger partial charge in [0, 0.05) is 11.1 Å². The predicted molar refractivity (Wildman–Crippen MR) is 113 cm³/mol. The molecule has 0 amide bonds. The first-order valence-electron chi connectivity index (χ1n) is 9.53. The quantitative estimate of drug-likeness (QED) is 0.585. The van der Waals surface area contributed by atoms with Crippen molar-refractivity contribution in [2.45, 2.75) is 59.3 Å². The smallest absolute Gasteiger partial charge is 0.159 e. The number of fused-ring (bicyclic) bond motifs is 1. The summed E-state index contributed by atoms with van der Waals surface area (Å²) in [5.74, 6) is 0.784. The molecule has 5 heteroatoms. The molecule has 0 spiro atoms. The number of carbonyl (C=O) groups is 1. The standard InChI is InChI=1S/C23H29N3O2/c1-14(27)15-9-10-18-19(11-15)25-26(24-18)20-13-16(22(2,3)4)12-17(21(20)28-8)23(5,6)7/h9-13H,1-8H3. The first-order chi connectivity index (χ1) is 12.9. The lowest BCUT2D eigenvalue weighted by Crippen LogP contribution is -2.19. The molecular weight excluding hydrogens is 350 g/mol. The van der Waals surface area contributed by atoms with Gasteiger partial charge >= 0.3 is 0 Å². The molecule has 1 heterocycles. The number of nitrogens with zero attached hydrogens (tertiary/aromatic N) is 3. The number of hydrogen-bond donors (Lipinski definition) is 0. The Balaban J connectivity index is 2.30. The van der Waals surface area contributed by atoms with E-state index >= 15 is 0 Å². The molecule has 0 aliphatic heterocycles. The summed E-state index contributed by atoms with van der Waals surface area (Å²) < 4.78 is 5.83. The molecule has 0 unspecified atom stereocenters. The number of ether oxygens (including phenoxy) is 1. The van der Waals surface area contributed by atoms with Gasteiger partial charge in [0.2, 0.25) is 0 Å². The molecule has 1 aromatic heterocycles. The van der Waals surface area contributed by atoms with Gasteiger partial charge in [-0.15, -0.1) is 15.0 Å². The molecule has 0 bridgehead atoms. The normalized spacial score (nSPS) is 12.4. The Kier molecular flexibility index (Phi) is 4.82. The number of rotatable bonds is 3. The summed E-state index contributed by atoms with van der Waals surface area (Å²) in [5.41, 5.74) is 5.04. The third-order valence-electron chi connectivity index (χ3n) is 4.95. The molecule has 0 aliphatic rings. The number of aromatic nitrogens is 3. The Bertz CT molecular complexity index is 1050. The lowest BCUT2D eigenvalue weighted by Gasteiger charge is -2.28. The van der Waals surface area contributed by atoms with Gasteiger partial charge in [0.15, 0.2) is 5.78 Å². The van der Waals surface area contributed by atoms with Gasteiger partial charge in [0.05, 0.1) is 7.11 Å². The molecule has 28 heavy (non-hydrogen) atoms. The maximum atomic E-state index is 11.7. The highest BCUT2D eigenvalue weighted by atomic mass is 16.5. The van der Waals surface area contributed by atoms with Crippen molar-refractivity contribution in [1.29, 1.82) is 0 Å². The van der Waals surface area contributed by atoms with Crippen molar-refractivity contribution in [3.63, 3.8) is 0 Å². The van der Waals surface area contributed by atoms with E-state index in [0.717, 1.165) is 22.5 Å². The summed E-state index contributed by atoms with van der Waals surface area (Å²) in [6.07, 6.45) is 0. The molecule has 0 N–H and O–H groups in total. The van der Waals surface area contributed by atoms with E-state index in [9.17, 15) is 4.79 Å². The van der Waals surface area contributed by atoms with Crippen molar-refractivity contribution in [2.24, 2.45) is 0 Å². The van der Waals surface area contributed by atoms with E-state index in [2.05, 4.69) is 63.9 Å². The number of carbonyl (C=O) groups excluding carboxylic acids is 1. The monoisotopic (exact) mass is 379 g/mol. The Morgan fingerprint density at radius 3 is 2.11 bits per heavy atom. The van der Waals surface area contributed by atoms with E-state index in [4.69, 9.17) is 4.74 Å². The summed E-state index contributed by atoms with van der Waals surface area (Å²) in [6, 6.07) is 9.72. The summed E-state index contributed by atoms with van der Waals surface area (Å²) >= 11 is 0. The Labute approximate surface area is 166 Å².